The monoisotopic (exact) mass is 1330 g/mol. The maximum absolute atomic E-state index is 7.58. The van der Waals surface area contributed by atoms with Crippen molar-refractivity contribution in [1.82, 2.24) is 0 Å². The molecule has 5 heteroatoms. The summed E-state index contributed by atoms with van der Waals surface area (Å²) in [6.07, 6.45) is 16.9. The van der Waals surface area contributed by atoms with Gasteiger partial charge in [-0.15, -0.1) is 0 Å². The van der Waals surface area contributed by atoms with Gasteiger partial charge in [0.2, 0.25) is 28.5 Å². The largest absolute Gasteiger partial charge is 0.215 e. The molecule has 99 heavy (non-hydrogen) atoms. The van der Waals surface area contributed by atoms with Crippen LogP contribution in [0.5, 0.6) is 0 Å². The summed E-state index contributed by atoms with van der Waals surface area (Å²) in [6, 6.07) is 52.0. The first-order valence-corrected chi connectivity index (χ1v) is 36.6. The summed E-state index contributed by atoms with van der Waals surface area (Å²) in [6.45, 7) is 39.9. The van der Waals surface area contributed by atoms with Crippen molar-refractivity contribution in [1.29, 1.82) is 0 Å². The van der Waals surface area contributed by atoms with E-state index in [2.05, 4.69) is 317 Å². The van der Waals surface area contributed by atoms with Crippen molar-refractivity contribution in [2.45, 2.75) is 197 Å². The highest BCUT2D eigenvalue weighted by molar-refractivity contribution is 5.68. The van der Waals surface area contributed by atoms with Crippen LogP contribution < -0.4 is 22.8 Å². The third-order valence-corrected chi connectivity index (χ3v) is 18.5. The van der Waals surface area contributed by atoms with Gasteiger partial charge < -0.3 is 0 Å². The summed E-state index contributed by atoms with van der Waals surface area (Å²) < 4.78 is 56.0. The molecule has 0 aliphatic carbocycles. The predicted octanol–water partition coefficient (Wildman–Crippen LogP) is 21.3. The zero-order chi connectivity index (χ0) is 78.1. The van der Waals surface area contributed by atoms with Gasteiger partial charge in [-0.2, -0.15) is 0 Å². The van der Waals surface area contributed by atoms with Crippen molar-refractivity contribution in [2.75, 3.05) is 0 Å². The first-order valence-electron chi connectivity index (χ1n) is 39.6. The summed E-state index contributed by atoms with van der Waals surface area (Å²) in [5, 5.41) is 0. The van der Waals surface area contributed by atoms with E-state index in [1.165, 1.54) is 112 Å². The lowest BCUT2D eigenvalue weighted by molar-refractivity contribution is -0.660. The Morgan fingerprint density at radius 2 is 0.657 bits per heavy atom. The van der Waals surface area contributed by atoms with Gasteiger partial charge in [-0.3, -0.25) is 0 Å². The Hall–Kier alpha value is -8.15. The van der Waals surface area contributed by atoms with E-state index in [1.54, 1.807) is 42.9 Å². The first-order chi connectivity index (χ1) is 49.2. The summed E-state index contributed by atoms with van der Waals surface area (Å²) in [7, 11) is 10.4. The van der Waals surface area contributed by atoms with E-state index in [1.807, 2.05) is 13.0 Å². The van der Waals surface area contributed by atoms with Crippen LogP contribution in [0.15, 0.2) is 177 Å². The maximum Gasteiger partial charge on any atom is 0.215 e. The maximum atomic E-state index is 7.58. The third kappa shape index (κ3) is 22.7. The molecule has 0 saturated heterocycles. The van der Waals surface area contributed by atoms with Gasteiger partial charge in [-0.1, -0.05) is 162 Å². The fourth-order valence-electron chi connectivity index (χ4n) is 13.7. The molecule has 0 unspecified atom stereocenters. The summed E-state index contributed by atoms with van der Waals surface area (Å²) in [5.41, 5.74) is 31.6. The molecule has 0 saturated carbocycles. The van der Waals surface area contributed by atoms with Gasteiger partial charge in [0.15, 0.2) is 31.0 Å². The molecule has 10 aromatic rings. The Labute approximate surface area is 611 Å². The highest BCUT2D eigenvalue weighted by atomic mass is 14.9. The Kier molecular flexibility index (Phi) is 26.7. The number of hydrogen-bond donors (Lipinski definition) is 0. The third-order valence-electron chi connectivity index (χ3n) is 18.5. The quantitative estimate of drug-likeness (QED) is 0.0810. The Balaban J connectivity index is 0.000000206. The SMILES string of the molecule is CCc1ccc(-c2c(CC(C)C)ccc[n+]2C)c(C)c1.Cc1cc(C(C)C)ccc1-c1c(CC(C)C)ccc[n+]1C.Cc1cc(CC(C)C)ccc1-c1c(CC(C)C)ccc[n+]1C.Cc1ccc(-c2c(CC(C)C)ccc[n+]2C)c(C)c1.[2H]C([2H])([2H])c1ccc(-c2cc(C)c(C([2H])([2H])[2H])c[n+]2C)c(C)c1. The standard InChI is InChI=1S/C21H30N.C20H28N.C19H26N.C18H24N.C16H20N/c1-15(2)12-18-9-10-20(17(5)14-18)21-19(13-16(3)4)8-7-11-22(21)6;1-14(2)12-18-8-7-11-21(6)20(18)19-10-9-17(15(3)4)13-16(19)5;1-6-16-9-10-18(15(4)13-16)19-17(12-14(2)3)8-7-11-20(19)5;1-13(2)11-16-7-6-10-19(5)18(16)17-9-8-14(3)12-15(17)4;1-11-6-7-15(13(3)8-11)16-9-12(2)14(4)10-17(16)5/h7-11,14-16H,12-13H2,1-6H3;7-11,13-15H,12H2,1-6H3;7-11,13-14H,6,12H2,1-5H3;6-10,12-13H,11H2,1-5H3;6-10H,1-5H3/q5*+1/i;;;;1D3,4D3. The van der Waals surface area contributed by atoms with Gasteiger partial charge in [0.25, 0.3) is 0 Å². The van der Waals surface area contributed by atoms with Gasteiger partial charge >= 0.3 is 0 Å². The van der Waals surface area contributed by atoms with Crippen LogP contribution in [0.4, 0.5) is 0 Å². The zero-order valence-corrected chi connectivity index (χ0v) is 65.7. The summed E-state index contributed by atoms with van der Waals surface area (Å²) in [5.74, 6) is 3.97. The molecule has 5 aromatic carbocycles. The molecule has 0 aliphatic heterocycles. The fourth-order valence-corrected chi connectivity index (χ4v) is 13.7. The molecule has 0 bridgehead atoms. The average Bonchev–Trinajstić information content (AvgIpc) is 0.801. The lowest BCUT2D eigenvalue weighted by Gasteiger charge is -2.13. The number of aromatic nitrogens is 5. The topological polar surface area (TPSA) is 19.4 Å². The highest BCUT2D eigenvalue weighted by Crippen LogP contribution is 2.32. The zero-order valence-electron chi connectivity index (χ0n) is 71.7. The van der Waals surface area contributed by atoms with E-state index in [4.69, 9.17) is 8.22 Å². The van der Waals surface area contributed by atoms with E-state index in [0.29, 0.717) is 52.2 Å². The van der Waals surface area contributed by atoms with Gasteiger partial charge in [-0.05, 0) is 241 Å². The number of nitrogens with zero attached hydrogens (tertiary/aromatic N) is 5. The molecule has 524 valence electrons. The highest BCUT2D eigenvalue weighted by Gasteiger charge is 2.24. The minimum atomic E-state index is -2.15. The Morgan fingerprint density at radius 1 is 0.313 bits per heavy atom. The van der Waals surface area contributed by atoms with Gasteiger partial charge in [0.1, 0.15) is 35.2 Å². The van der Waals surface area contributed by atoms with Crippen molar-refractivity contribution in [3.63, 3.8) is 0 Å². The van der Waals surface area contributed by atoms with Crippen molar-refractivity contribution in [3.05, 3.63) is 266 Å². The van der Waals surface area contributed by atoms with E-state index in [-0.39, 0.29) is 0 Å². The van der Waals surface area contributed by atoms with Crippen LogP contribution in [-0.2, 0) is 73.8 Å². The molecule has 0 fully saturated rings. The molecule has 5 heterocycles. The normalized spacial score (nSPS) is 12.3. The molecule has 0 amide bonds. The van der Waals surface area contributed by atoms with Crippen LogP contribution in [0.3, 0.4) is 0 Å². The summed E-state index contributed by atoms with van der Waals surface area (Å²) in [4.78, 5) is 0. The van der Waals surface area contributed by atoms with Crippen LogP contribution in [0.25, 0.3) is 56.3 Å². The van der Waals surface area contributed by atoms with Crippen molar-refractivity contribution < 1.29 is 31.1 Å². The number of rotatable bonds is 17. The second kappa shape index (κ2) is 37.3. The smallest absolute Gasteiger partial charge is 0.201 e. The van der Waals surface area contributed by atoms with Crippen molar-refractivity contribution >= 4 is 0 Å². The van der Waals surface area contributed by atoms with E-state index >= 15 is 0 Å². The van der Waals surface area contributed by atoms with Crippen LogP contribution in [0.2, 0.25) is 0 Å². The van der Waals surface area contributed by atoms with Crippen LogP contribution in [-0.4, -0.2) is 0 Å². The Bertz CT molecular complexity index is 4530. The van der Waals surface area contributed by atoms with E-state index in [0.717, 1.165) is 55.3 Å². The molecule has 5 aromatic heterocycles. The lowest BCUT2D eigenvalue weighted by atomic mass is 9.92. The van der Waals surface area contributed by atoms with E-state index in [9.17, 15) is 0 Å². The van der Waals surface area contributed by atoms with E-state index < -0.39 is 13.7 Å². The summed E-state index contributed by atoms with van der Waals surface area (Å²) >= 11 is 0. The minimum Gasteiger partial charge on any atom is -0.201 e. The van der Waals surface area contributed by atoms with Gasteiger partial charge in [0, 0.05) is 94.2 Å². The molecule has 10 rings (SSSR count). The molecule has 0 aliphatic rings. The van der Waals surface area contributed by atoms with Gasteiger partial charge in [-0.25, -0.2) is 22.8 Å². The number of aryl methyl sites for hydroxylation is 15. The van der Waals surface area contributed by atoms with Crippen LogP contribution in [0, 0.1) is 91.8 Å². The molecule has 0 atom stereocenters. The van der Waals surface area contributed by atoms with Crippen LogP contribution >= 0.6 is 0 Å². The predicted molar refractivity (Wildman–Crippen MR) is 424 cm³/mol. The second-order valence-corrected chi connectivity index (χ2v) is 30.6. The molecule has 0 radical (unpaired) electrons. The molecule has 5 nitrogen and oxygen atoms in total. The lowest BCUT2D eigenvalue weighted by Crippen LogP contribution is -2.32. The van der Waals surface area contributed by atoms with Crippen molar-refractivity contribution in [2.24, 2.45) is 64.8 Å². The Morgan fingerprint density at radius 3 is 1.01 bits per heavy atom. The minimum absolute atomic E-state index is 0.303. The van der Waals surface area contributed by atoms with Crippen molar-refractivity contribution in [3.8, 4) is 56.3 Å². The fraction of sp³-hybridized carbons (Fsp3) is 0.415. The molecular weight excluding hydrogens is 1200 g/mol. The average molecular weight is 1330 g/mol. The number of pyridine rings is 5. The van der Waals surface area contributed by atoms with Gasteiger partial charge in [0.05, 0.1) is 0 Å². The second-order valence-electron chi connectivity index (χ2n) is 30.6. The number of hydrogen-bond acceptors (Lipinski definition) is 0. The molecule has 0 N–H and O–H groups in total. The molecular formula is C94H128N5+5. The van der Waals surface area contributed by atoms with Crippen LogP contribution in [0.1, 0.15) is 193 Å². The molecule has 0 spiro atoms. The first kappa shape index (κ1) is 70.7. The number of benzene rings is 5.